The molecule has 1 atom stereocenters. The Hall–Kier alpha value is -0.610. The summed E-state index contributed by atoms with van der Waals surface area (Å²) in [7, 11) is 0. The lowest BCUT2D eigenvalue weighted by Gasteiger charge is -2.16. The first-order valence-electron chi connectivity index (χ1n) is 22.1. The number of carbonyl (C=O) groups excluding carboxylic acids is 1. The first-order valence-corrected chi connectivity index (χ1v) is 22.1. The third kappa shape index (κ3) is 39.8. The van der Waals surface area contributed by atoms with Crippen molar-refractivity contribution in [1.29, 1.82) is 0 Å². The largest absolute Gasteiger partial charge is 0.457 e. The van der Waals surface area contributed by atoms with Crippen molar-refractivity contribution in [2.24, 2.45) is 0 Å². The molecule has 0 aromatic heterocycles. The van der Waals surface area contributed by atoms with Crippen LogP contribution in [-0.4, -0.2) is 37.0 Å². The number of carbonyl (C=O) groups is 1. The van der Waals surface area contributed by atoms with E-state index in [1.165, 1.54) is 212 Å². The summed E-state index contributed by atoms with van der Waals surface area (Å²) in [5.74, 6) is -0.193. The second-order valence-electron chi connectivity index (χ2n) is 15.1. The van der Waals surface area contributed by atoms with Crippen LogP contribution < -0.4 is 0 Å². The van der Waals surface area contributed by atoms with Crippen molar-refractivity contribution in [2.75, 3.05) is 19.8 Å². The molecule has 0 heterocycles. The summed E-state index contributed by atoms with van der Waals surface area (Å²) in [4.78, 5) is 12.2. The second kappa shape index (κ2) is 42.6. The van der Waals surface area contributed by atoms with E-state index in [2.05, 4.69) is 13.8 Å². The highest BCUT2D eigenvalue weighted by Crippen LogP contribution is 2.16. The number of ether oxygens (including phenoxy) is 2. The van der Waals surface area contributed by atoms with Crippen LogP contribution in [0.4, 0.5) is 0 Å². The number of unbranched alkanes of at least 4 members (excludes halogenated alkanes) is 34. The van der Waals surface area contributed by atoms with E-state index >= 15 is 0 Å². The molecule has 0 aliphatic heterocycles. The van der Waals surface area contributed by atoms with Crippen LogP contribution in [0.5, 0.6) is 0 Å². The van der Waals surface area contributed by atoms with Gasteiger partial charge in [0.15, 0.2) is 0 Å². The summed E-state index contributed by atoms with van der Waals surface area (Å²) in [6.07, 6.45) is 48.9. The molecular formula is C44H88O4. The standard InChI is InChI=1S/C44H88O4/c1-3-5-7-9-11-13-15-17-18-19-20-21-22-23-24-25-26-27-28-29-31-33-35-37-39-44(46)48-43(41-45)42-47-40-38-36-34-32-30-16-14-12-10-8-6-4-2/h43,45H,3-42H2,1-2H3. The second-order valence-corrected chi connectivity index (χ2v) is 15.1. The van der Waals surface area contributed by atoms with E-state index in [9.17, 15) is 9.90 Å². The minimum absolute atomic E-state index is 0.163. The van der Waals surface area contributed by atoms with E-state index in [4.69, 9.17) is 9.47 Å². The van der Waals surface area contributed by atoms with Gasteiger partial charge in [-0.1, -0.05) is 232 Å². The lowest BCUT2D eigenvalue weighted by atomic mass is 10.0. The molecule has 0 aliphatic rings. The quantitative estimate of drug-likeness (QED) is 0.0515. The van der Waals surface area contributed by atoms with Crippen LogP contribution in [0.1, 0.15) is 251 Å². The topological polar surface area (TPSA) is 55.8 Å². The fraction of sp³-hybridized carbons (Fsp3) is 0.977. The van der Waals surface area contributed by atoms with Gasteiger partial charge in [-0.3, -0.25) is 4.79 Å². The normalized spacial score (nSPS) is 12.1. The van der Waals surface area contributed by atoms with Crippen LogP contribution in [0, 0.1) is 0 Å². The van der Waals surface area contributed by atoms with Gasteiger partial charge in [0.05, 0.1) is 13.2 Å². The molecule has 4 heteroatoms. The highest BCUT2D eigenvalue weighted by Gasteiger charge is 2.13. The molecule has 288 valence electrons. The Labute approximate surface area is 302 Å². The SMILES string of the molecule is CCCCCCCCCCCCCCCCCCCCCCCCCCC(=O)OC(CO)COCCCCCCCCCCCCCC. The van der Waals surface area contributed by atoms with E-state index in [1.54, 1.807) is 0 Å². The van der Waals surface area contributed by atoms with Gasteiger partial charge in [0.2, 0.25) is 0 Å². The summed E-state index contributed by atoms with van der Waals surface area (Å²) in [5, 5.41) is 9.58. The van der Waals surface area contributed by atoms with Crippen molar-refractivity contribution in [1.82, 2.24) is 0 Å². The first kappa shape index (κ1) is 47.4. The molecule has 0 fully saturated rings. The van der Waals surface area contributed by atoms with Gasteiger partial charge in [0.1, 0.15) is 6.10 Å². The van der Waals surface area contributed by atoms with Crippen molar-refractivity contribution >= 4 is 5.97 Å². The van der Waals surface area contributed by atoms with Crippen LogP contribution in [0.15, 0.2) is 0 Å². The summed E-state index contributed by atoms with van der Waals surface area (Å²) >= 11 is 0. The third-order valence-electron chi connectivity index (χ3n) is 10.2. The molecule has 4 nitrogen and oxygen atoms in total. The van der Waals surface area contributed by atoms with E-state index in [1.807, 2.05) is 0 Å². The van der Waals surface area contributed by atoms with E-state index in [0.717, 1.165) is 19.3 Å². The molecule has 48 heavy (non-hydrogen) atoms. The average Bonchev–Trinajstić information content (AvgIpc) is 3.09. The predicted octanol–water partition coefficient (Wildman–Crippen LogP) is 14.4. The Morgan fingerprint density at radius 2 is 0.688 bits per heavy atom. The molecule has 0 radical (unpaired) electrons. The molecule has 0 spiro atoms. The van der Waals surface area contributed by atoms with E-state index in [0.29, 0.717) is 19.6 Å². The van der Waals surface area contributed by atoms with Gasteiger partial charge in [-0.25, -0.2) is 0 Å². The van der Waals surface area contributed by atoms with Crippen molar-refractivity contribution in [2.45, 2.75) is 258 Å². The third-order valence-corrected chi connectivity index (χ3v) is 10.2. The van der Waals surface area contributed by atoms with Crippen LogP contribution in [0.2, 0.25) is 0 Å². The van der Waals surface area contributed by atoms with E-state index < -0.39 is 6.10 Å². The highest BCUT2D eigenvalue weighted by atomic mass is 16.6. The van der Waals surface area contributed by atoms with Crippen molar-refractivity contribution < 1.29 is 19.4 Å². The average molecular weight is 681 g/mol. The molecule has 0 bridgehead atoms. The van der Waals surface area contributed by atoms with Crippen LogP contribution in [0.3, 0.4) is 0 Å². The molecule has 1 N–H and O–H groups in total. The van der Waals surface area contributed by atoms with Gasteiger partial charge in [-0.15, -0.1) is 0 Å². The van der Waals surface area contributed by atoms with Gasteiger partial charge in [0.25, 0.3) is 0 Å². The Morgan fingerprint density at radius 1 is 0.417 bits per heavy atom. The maximum Gasteiger partial charge on any atom is 0.306 e. The molecule has 1 unspecified atom stereocenters. The van der Waals surface area contributed by atoms with Crippen LogP contribution in [-0.2, 0) is 14.3 Å². The van der Waals surface area contributed by atoms with Crippen molar-refractivity contribution in [3.63, 3.8) is 0 Å². The van der Waals surface area contributed by atoms with Gasteiger partial charge in [-0.05, 0) is 12.8 Å². The summed E-state index contributed by atoms with van der Waals surface area (Å²) < 4.78 is 11.2. The van der Waals surface area contributed by atoms with Crippen LogP contribution in [0.25, 0.3) is 0 Å². The number of hydrogen-bond acceptors (Lipinski definition) is 4. The zero-order valence-electron chi connectivity index (χ0n) is 33.0. The van der Waals surface area contributed by atoms with Crippen molar-refractivity contribution in [3.8, 4) is 0 Å². The predicted molar refractivity (Wildman–Crippen MR) is 210 cm³/mol. The molecule has 0 rings (SSSR count). The highest BCUT2D eigenvalue weighted by molar-refractivity contribution is 5.69. The maximum atomic E-state index is 12.2. The number of hydrogen-bond donors (Lipinski definition) is 1. The molecule has 0 aromatic rings. The summed E-state index contributed by atoms with van der Waals surface area (Å²) in [6.45, 7) is 5.40. The zero-order valence-corrected chi connectivity index (χ0v) is 33.0. The Balaban J connectivity index is 3.32. The molecule has 0 saturated heterocycles. The number of rotatable bonds is 42. The van der Waals surface area contributed by atoms with E-state index in [-0.39, 0.29) is 12.6 Å². The lowest BCUT2D eigenvalue weighted by molar-refractivity contribution is -0.154. The molecule has 0 aliphatic carbocycles. The van der Waals surface area contributed by atoms with Gasteiger partial charge in [0, 0.05) is 13.0 Å². The first-order chi connectivity index (χ1) is 23.7. The maximum absolute atomic E-state index is 12.2. The fourth-order valence-electron chi connectivity index (χ4n) is 6.86. The van der Waals surface area contributed by atoms with Gasteiger partial charge < -0.3 is 14.6 Å². The molecule has 0 amide bonds. The Morgan fingerprint density at radius 3 is 0.979 bits per heavy atom. The smallest absolute Gasteiger partial charge is 0.306 e. The molecule has 0 aromatic carbocycles. The Kier molecular flexibility index (Phi) is 42.0. The molecular weight excluding hydrogens is 592 g/mol. The van der Waals surface area contributed by atoms with Crippen LogP contribution >= 0.6 is 0 Å². The monoisotopic (exact) mass is 681 g/mol. The van der Waals surface area contributed by atoms with Gasteiger partial charge >= 0.3 is 5.97 Å². The zero-order chi connectivity index (χ0) is 34.9. The van der Waals surface area contributed by atoms with Gasteiger partial charge in [-0.2, -0.15) is 0 Å². The number of aliphatic hydroxyl groups excluding tert-OH is 1. The summed E-state index contributed by atoms with van der Waals surface area (Å²) in [5.41, 5.74) is 0. The Bertz CT molecular complexity index is 594. The van der Waals surface area contributed by atoms with Crippen molar-refractivity contribution in [3.05, 3.63) is 0 Å². The lowest BCUT2D eigenvalue weighted by Crippen LogP contribution is -2.27. The number of aliphatic hydroxyl groups is 1. The fourth-order valence-corrected chi connectivity index (χ4v) is 6.86. The minimum Gasteiger partial charge on any atom is -0.457 e. The minimum atomic E-state index is -0.524. The molecule has 0 saturated carbocycles. The number of esters is 1. The summed E-state index contributed by atoms with van der Waals surface area (Å²) in [6, 6.07) is 0.